The number of hydrogen-bond donors (Lipinski definition) is 0. The minimum absolute atomic E-state index is 0.0559. The van der Waals surface area contributed by atoms with Crippen LogP contribution in [0.15, 0.2) is 24.3 Å². The van der Waals surface area contributed by atoms with Crippen molar-refractivity contribution in [3.63, 3.8) is 0 Å². The van der Waals surface area contributed by atoms with Crippen LogP contribution in [0.5, 0.6) is 0 Å². The molecule has 2 unspecified atom stereocenters. The highest BCUT2D eigenvalue weighted by Crippen LogP contribution is 2.30. The van der Waals surface area contributed by atoms with Crippen LogP contribution >= 0.6 is 0 Å². The Labute approximate surface area is 136 Å². The molecule has 0 aliphatic carbocycles. The van der Waals surface area contributed by atoms with E-state index in [2.05, 4.69) is 0 Å². The van der Waals surface area contributed by atoms with Gasteiger partial charge >= 0.3 is 0 Å². The van der Waals surface area contributed by atoms with Gasteiger partial charge in [-0.2, -0.15) is 0 Å². The van der Waals surface area contributed by atoms with Crippen molar-refractivity contribution in [1.82, 2.24) is 9.80 Å². The third-order valence-corrected chi connectivity index (χ3v) is 4.47. The van der Waals surface area contributed by atoms with Gasteiger partial charge in [-0.05, 0) is 12.5 Å². The molecule has 23 heavy (non-hydrogen) atoms. The first-order chi connectivity index (χ1) is 11.1. The molecule has 2 heterocycles. The molecule has 2 aliphatic heterocycles. The van der Waals surface area contributed by atoms with Crippen LogP contribution in [0.3, 0.4) is 0 Å². The van der Waals surface area contributed by atoms with E-state index in [0.717, 1.165) is 11.1 Å². The number of rotatable bonds is 2. The van der Waals surface area contributed by atoms with Crippen molar-refractivity contribution in [3.8, 4) is 0 Å². The number of morpholine rings is 2. The van der Waals surface area contributed by atoms with Crippen molar-refractivity contribution in [3.05, 3.63) is 35.4 Å². The summed E-state index contributed by atoms with van der Waals surface area (Å²) in [6, 6.07) is 7.49. The molecule has 2 atom stereocenters. The third-order valence-electron chi connectivity index (χ3n) is 4.47. The number of carbonyl (C=O) groups excluding carboxylic acids is 2. The molecule has 2 fully saturated rings. The predicted molar refractivity (Wildman–Crippen MR) is 83.8 cm³/mol. The van der Waals surface area contributed by atoms with Gasteiger partial charge in [-0.1, -0.05) is 29.8 Å². The summed E-state index contributed by atoms with van der Waals surface area (Å²) < 4.78 is 11.0. The van der Waals surface area contributed by atoms with Crippen LogP contribution in [0.4, 0.5) is 0 Å². The lowest BCUT2D eigenvalue weighted by Gasteiger charge is -2.40. The summed E-state index contributed by atoms with van der Waals surface area (Å²) in [5.74, 6) is -0.181. The smallest absolute Gasteiger partial charge is 0.254 e. The number of benzene rings is 1. The van der Waals surface area contributed by atoms with E-state index in [1.807, 2.05) is 31.2 Å². The van der Waals surface area contributed by atoms with Gasteiger partial charge in [-0.15, -0.1) is 0 Å². The van der Waals surface area contributed by atoms with Crippen molar-refractivity contribution < 1.29 is 19.1 Å². The SMILES string of the molecule is Cc1ccc(C2C(C(=O)N3CCOCC3)OCC(=O)N2C)cc1. The summed E-state index contributed by atoms with van der Waals surface area (Å²) in [4.78, 5) is 28.3. The molecule has 0 spiro atoms. The van der Waals surface area contributed by atoms with Gasteiger partial charge in [0, 0.05) is 20.1 Å². The zero-order valence-electron chi connectivity index (χ0n) is 13.5. The Balaban J connectivity index is 1.87. The van der Waals surface area contributed by atoms with Crippen molar-refractivity contribution in [2.24, 2.45) is 0 Å². The van der Waals surface area contributed by atoms with Gasteiger partial charge < -0.3 is 19.3 Å². The van der Waals surface area contributed by atoms with Gasteiger partial charge in [0.25, 0.3) is 5.91 Å². The second-order valence-corrected chi connectivity index (χ2v) is 6.03. The molecular weight excluding hydrogens is 296 g/mol. The Kier molecular flexibility index (Phi) is 4.63. The minimum Gasteiger partial charge on any atom is -0.378 e. The molecule has 0 bridgehead atoms. The second-order valence-electron chi connectivity index (χ2n) is 6.03. The van der Waals surface area contributed by atoms with E-state index >= 15 is 0 Å². The molecule has 0 saturated carbocycles. The molecular formula is C17H22N2O4. The molecule has 1 aromatic rings. The van der Waals surface area contributed by atoms with Gasteiger partial charge in [0.2, 0.25) is 5.91 Å². The zero-order chi connectivity index (χ0) is 16.4. The zero-order valence-corrected chi connectivity index (χ0v) is 13.5. The summed E-state index contributed by atoms with van der Waals surface area (Å²) in [5, 5.41) is 0. The van der Waals surface area contributed by atoms with Gasteiger partial charge in [0.15, 0.2) is 6.10 Å². The van der Waals surface area contributed by atoms with E-state index in [-0.39, 0.29) is 18.4 Å². The summed E-state index contributed by atoms with van der Waals surface area (Å²) in [6.07, 6.45) is -0.668. The van der Waals surface area contributed by atoms with E-state index in [4.69, 9.17) is 9.47 Å². The monoisotopic (exact) mass is 318 g/mol. The van der Waals surface area contributed by atoms with Crippen LogP contribution in [-0.2, 0) is 19.1 Å². The van der Waals surface area contributed by atoms with E-state index in [9.17, 15) is 9.59 Å². The molecule has 6 heteroatoms. The van der Waals surface area contributed by atoms with E-state index in [1.165, 1.54) is 0 Å². The fourth-order valence-corrected chi connectivity index (χ4v) is 3.04. The Morgan fingerprint density at radius 1 is 1.17 bits per heavy atom. The molecule has 2 aliphatic rings. The topological polar surface area (TPSA) is 59.1 Å². The number of nitrogens with zero attached hydrogens (tertiary/aromatic N) is 2. The highest BCUT2D eigenvalue weighted by Gasteiger charge is 2.41. The van der Waals surface area contributed by atoms with Gasteiger partial charge in [0.1, 0.15) is 6.61 Å². The maximum absolute atomic E-state index is 12.9. The Morgan fingerprint density at radius 3 is 2.48 bits per heavy atom. The molecule has 0 aromatic heterocycles. The van der Waals surface area contributed by atoms with Gasteiger partial charge in [-0.3, -0.25) is 9.59 Å². The van der Waals surface area contributed by atoms with Crippen molar-refractivity contribution >= 4 is 11.8 Å². The number of likely N-dealkylation sites (N-methyl/N-ethyl adjacent to an activating group) is 1. The summed E-state index contributed by atoms with van der Waals surface area (Å²) in [5.41, 5.74) is 2.05. The van der Waals surface area contributed by atoms with Crippen molar-refractivity contribution in [2.45, 2.75) is 19.1 Å². The lowest BCUT2D eigenvalue weighted by Crippen LogP contribution is -2.55. The molecule has 0 radical (unpaired) electrons. The normalized spacial score (nSPS) is 25.6. The molecule has 3 rings (SSSR count). The number of aryl methyl sites for hydroxylation is 1. The highest BCUT2D eigenvalue weighted by atomic mass is 16.5. The van der Waals surface area contributed by atoms with Crippen LogP contribution in [-0.4, -0.2) is 67.7 Å². The first kappa shape index (κ1) is 16.0. The first-order valence-electron chi connectivity index (χ1n) is 7.88. The molecule has 124 valence electrons. The average Bonchev–Trinajstić information content (AvgIpc) is 2.58. The van der Waals surface area contributed by atoms with Crippen LogP contribution < -0.4 is 0 Å². The quantitative estimate of drug-likeness (QED) is 0.807. The van der Waals surface area contributed by atoms with Crippen molar-refractivity contribution in [1.29, 1.82) is 0 Å². The number of hydrogen-bond acceptors (Lipinski definition) is 4. The average molecular weight is 318 g/mol. The maximum Gasteiger partial charge on any atom is 0.254 e. The standard InChI is InChI=1S/C17H22N2O4/c1-12-3-5-13(6-4-12)15-16(23-11-14(20)18(15)2)17(21)19-7-9-22-10-8-19/h3-6,15-16H,7-11H2,1-2H3. The summed E-state index contributed by atoms with van der Waals surface area (Å²) >= 11 is 0. The number of ether oxygens (including phenoxy) is 2. The van der Waals surface area contributed by atoms with Crippen LogP contribution in [0.2, 0.25) is 0 Å². The van der Waals surface area contributed by atoms with E-state index in [1.54, 1.807) is 16.8 Å². The number of carbonyl (C=O) groups is 2. The Hall–Kier alpha value is -1.92. The molecule has 2 amide bonds. The predicted octanol–water partition coefficient (Wildman–Crippen LogP) is 0.752. The van der Waals surface area contributed by atoms with Crippen LogP contribution in [0, 0.1) is 6.92 Å². The fourth-order valence-electron chi connectivity index (χ4n) is 3.04. The first-order valence-corrected chi connectivity index (χ1v) is 7.88. The highest BCUT2D eigenvalue weighted by molar-refractivity contribution is 5.86. The van der Waals surface area contributed by atoms with Gasteiger partial charge in [-0.25, -0.2) is 0 Å². The fraction of sp³-hybridized carbons (Fsp3) is 0.529. The van der Waals surface area contributed by atoms with E-state index < -0.39 is 12.1 Å². The Morgan fingerprint density at radius 2 is 1.83 bits per heavy atom. The minimum atomic E-state index is -0.668. The Bertz CT molecular complexity index is 581. The molecule has 0 N–H and O–H groups in total. The summed E-state index contributed by atoms with van der Waals surface area (Å²) in [7, 11) is 1.73. The van der Waals surface area contributed by atoms with E-state index in [0.29, 0.717) is 26.3 Å². The molecule has 2 saturated heterocycles. The lowest BCUT2D eigenvalue weighted by molar-refractivity contribution is -0.169. The molecule has 1 aromatic carbocycles. The second kappa shape index (κ2) is 6.68. The maximum atomic E-state index is 12.9. The number of amides is 2. The molecule has 6 nitrogen and oxygen atoms in total. The summed E-state index contributed by atoms with van der Waals surface area (Å²) in [6.45, 7) is 4.17. The third kappa shape index (κ3) is 3.23. The van der Waals surface area contributed by atoms with Crippen LogP contribution in [0.1, 0.15) is 17.2 Å². The van der Waals surface area contributed by atoms with Gasteiger partial charge in [0.05, 0.1) is 19.3 Å². The van der Waals surface area contributed by atoms with Crippen LogP contribution in [0.25, 0.3) is 0 Å². The lowest BCUT2D eigenvalue weighted by atomic mass is 9.96. The van der Waals surface area contributed by atoms with Crippen molar-refractivity contribution in [2.75, 3.05) is 40.0 Å². The largest absolute Gasteiger partial charge is 0.378 e.